The molecule has 2 rings (SSSR count). The highest BCUT2D eigenvalue weighted by Gasteiger charge is 2.16. The van der Waals surface area contributed by atoms with Crippen LogP contribution in [0.15, 0.2) is 22.9 Å². The average molecular weight is 366 g/mol. The molecule has 0 saturated carbocycles. The van der Waals surface area contributed by atoms with Gasteiger partial charge in [-0.25, -0.2) is 4.79 Å². The summed E-state index contributed by atoms with van der Waals surface area (Å²) in [6, 6.07) is 3.46. The monoisotopic (exact) mass is 366 g/mol. The van der Waals surface area contributed by atoms with Crippen molar-refractivity contribution in [1.29, 1.82) is 0 Å². The topological polar surface area (TPSA) is 84.5 Å². The zero-order valence-corrected chi connectivity index (χ0v) is 15.0. The molecular weight excluding hydrogens is 348 g/mol. The highest BCUT2D eigenvalue weighted by molar-refractivity contribution is 7.18. The fourth-order valence-electron chi connectivity index (χ4n) is 1.93. The van der Waals surface area contributed by atoms with Gasteiger partial charge in [-0.3, -0.25) is 9.59 Å². The van der Waals surface area contributed by atoms with Gasteiger partial charge in [0, 0.05) is 23.9 Å². The van der Waals surface area contributed by atoms with Gasteiger partial charge in [-0.2, -0.15) is 11.3 Å². The van der Waals surface area contributed by atoms with E-state index in [1.54, 1.807) is 31.4 Å². The van der Waals surface area contributed by atoms with Crippen molar-refractivity contribution in [3.05, 3.63) is 38.9 Å². The lowest BCUT2D eigenvalue weighted by Crippen LogP contribution is -2.27. The number of thiophene rings is 2. The molecule has 0 radical (unpaired) electrons. The van der Waals surface area contributed by atoms with Crippen molar-refractivity contribution >= 4 is 45.5 Å². The summed E-state index contributed by atoms with van der Waals surface area (Å²) in [4.78, 5) is 35.9. The van der Waals surface area contributed by atoms with Gasteiger partial charge in [-0.05, 0) is 36.9 Å². The Labute approximate surface area is 147 Å². The molecule has 0 atom stereocenters. The Morgan fingerprint density at radius 2 is 2.08 bits per heavy atom. The normalized spacial score (nSPS) is 10.2. The summed E-state index contributed by atoms with van der Waals surface area (Å²) in [5.74, 6) is -0.804. The molecule has 24 heavy (non-hydrogen) atoms. The van der Waals surface area contributed by atoms with E-state index in [-0.39, 0.29) is 30.7 Å². The minimum absolute atomic E-state index is 0.154. The molecule has 0 fully saturated rings. The summed E-state index contributed by atoms with van der Waals surface area (Å²) in [5.41, 5.74) is 1.35. The number of esters is 1. The van der Waals surface area contributed by atoms with Crippen LogP contribution in [0.5, 0.6) is 0 Å². The van der Waals surface area contributed by atoms with Crippen LogP contribution in [0, 0.1) is 6.92 Å². The van der Waals surface area contributed by atoms with E-state index in [9.17, 15) is 14.4 Å². The molecule has 0 unspecified atom stereocenters. The maximum absolute atomic E-state index is 11.9. The maximum atomic E-state index is 11.9. The molecule has 0 bridgehead atoms. The standard InChI is InChI=1S/C16H18N2O4S2/c1-3-22-16(21)14-10(2)8-13(24-14)18-12(19)4-6-17-15(20)11-5-7-23-9-11/h5,7-9H,3-4,6H2,1-2H3,(H,17,20)(H,18,19). The first-order chi connectivity index (χ1) is 11.5. The highest BCUT2D eigenvalue weighted by Crippen LogP contribution is 2.27. The zero-order chi connectivity index (χ0) is 17.5. The number of rotatable bonds is 7. The summed E-state index contributed by atoms with van der Waals surface area (Å²) >= 11 is 2.62. The molecule has 0 aliphatic carbocycles. The molecule has 0 aromatic carbocycles. The molecule has 2 aromatic heterocycles. The molecular formula is C16H18N2O4S2. The van der Waals surface area contributed by atoms with E-state index in [2.05, 4.69) is 10.6 Å². The molecule has 6 nitrogen and oxygen atoms in total. The second-order valence-electron chi connectivity index (χ2n) is 4.91. The third-order valence-corrected chi connectivity index (χ3v) is 4.88. The molecule has 0 aliphatic rings. The van der Waals surface area contributed by atoms with Crippen LogP contribution < -0.4 is 10.6 Å². The van der Waals surface area contributed by atoms with Gasteiger partial charge >= 0.3 is 5.97 Å². The van der Waals surface area contributed by atoms with Crippen molar-refractivity contribution in [3.63, 3.8) is 0 Å². The second-order valence-corrected chi connectivity index (χ2v) is 6.74. The van der Waals surface area contributed by atoms with Gasteiger partial charge < -0.3 is 15.4 Å². The predicted molar refractivity (Wildman–Crippen MR) is 94.9 cm³/mol. The second kappa shape index (κ2) is 8.60. The largest absolute Gasteiger partial charge is 0.462 e. The number of carbonyl (C=O) groups is 3. The zero-order valence-electron chi connectivity index (χ0n) is 13.4. The van der Waals surface area contributed by atoms with Crippen molar-refractivity contribution in [2.24, 2.45) is 0 Å². The predicted octanol–water partition coefficient (Wildman–Crippen LogP) is 3.05. The van der Waals surface area contributed by atoms with Gasteiger partial charge in [0.2, 0.25) is 5.91 Å². The lowest BCUT2D eigenvalue weighted by atomic mass is 10.3. The Bertz CT molecular complexity index is 723. The van der Waals surface area contributed by atoms with E-state index < -0.39 is 0 Å². The lowest BCUT2D eigenvalue weighted by molar-refractivity contribution is -0.116. The van der Waals surface area contributed by atoms with Crippen LogP contribution in [0.1, 0.15) is 38.9 Å². The first-order valence-electron chi connectivity index (χ1n) is 7.39. The average Bonchev–Trinajstić information content (AvgIpc) is 3.17. The number of carbonyl (C=O) groups excluding carboxylic acids is 3. The number of aryl methyl sites for hydroxylation is 1. The molecule has 2 amide bonds. The maximum Gasteiger partial charge on any atom is 0.348 e. The smallest absolute Gasteiger partial charge is 0.348 e. The van der Waals surface area contributed by atoms with Gasteiger partial charge in [0.1, 0.15) is 4.88 Å². The molecule has 2 heterocycles. The van der Waals surface area contributed by atoms with Crippen LogP contribution >= 0.6 is 22.7 Å². The summed E-state index contributed by atoms with van der Waals surface area (Å²) < 4.78 is 4.97. The van der Waals surface area contributed by atoms with Gasteiger partial charge in [-0.1, -0.05) is 0 Å². The van der Waals surface area contributed by atoms with Gasteiger partial charge in [-0.15, -0.1) is 11.3 Å². The van der Waals surface area contributed by atoms with Crippen LogP contribution in [0.25, 0.3) is 0 Å². The Kier molecular flexibility index (Phi) is 6.51. The Morgan fingerprint density at radius 1 is 1.29 bits per heavy atom. The fourth-order valence-corrected chi connectivity index (χ4v) is 3.55. The minimum Gasteiger partial charge on any atom is -0.462 e. The number of ether oxygens (including phenoxy) is 1. The van der Waals surface area contributed by atoms with Crippen molar-refractivity contribution < 1.29 is 19.1 Å². The van der Waals surface area contributed by atoms with Gasteiger partial charge in [0.25, 0.3) is 5.91 Å². The Morgan fingerprint density at radius 3 is 2.75 bits per heavy atom. The number of hydrogen-bond donors (Lipinski definition) is 2. The van der Waals surface area contributed by atoms with E-state index in [1.807, 2.05) is 5.38 Å². The molecule has 8 heteroatoms. The lowest BCUT2D eigenvalue weighted by Gasteiger charge is -2.04. The van der Waals surface area contributed by atoms with E-state index in [1.165, 1.54) is 22.7 Å². The first-order valence-corrected chi connectivity index (χ1v) is 9.15. The molecule has 0 saturated heterocycles. The van der Waals surface area contributed by atoms with Crippen molar-refractivity contribution in [3.8, 4) is 0 Å². The van der Waals surface area contributed by atoms with Crippen LogP contribution in [0.3, 0.4) is 0 Å². The Balaban J connectivity index is 1.81. The fraction of sp³-hybridized carbons (Fsp3) is 0.312. The SMILES string of the molecule is CCOC(=O)c1sc(NC(=O)CCNC(=O)c2ccsc2)cc1C. The van der Waals surface area contributed by atoms with E-state index in [4.69, 9.17) is 4.74 Å². The summed E-state index contributed by atoms with van der Waals surface area (Å²) in [6.45, 7) is 4.09. The summed E-state index contributed by atoms with van der Waals surface area (Å²) in [5, 5.41) is 9.58. The molecule has 0 aliphatic heterocycles. The molecule has 2 N–H and O–H groups in total. The van der Waals surface area contributed by atoms with Gasteiger partial charge in [0.15, 0.2) is 0 Å². The molecule has 0 spiro atoms. The highest BCUT2D eigenvalue weighted by atomic mass is 32.1. The van der Waals surface area contributed by atoms with E-state index in [0.717, 1.165) is 5.56 Å². The Hall–Kier alpha value is -2.19. The van der Waals surface area contributed by atoms with Crippen molar-refractivity contribution in [1.82, 2.24) is 5.32 Å². The molecule has 128 valence electrons. The number of nitrogens with one attached hydrogen (secondary N) is 2. The number of amides is 2. The quantitative estimate of drug-likeness (QED) is 0.738. The third-order valence-electron chi connectivity index (χ3n) is 3.06. The summed E-state index contributed by atoms with van der Waals surface area (Å²) in [7, 11) is 0. The van der Waals surface area contributed by atoms with Crippen LogP contribution in [-0.4, -0.2) is 30.9 Å². The van der Waals surface area contributed by atoms with Crippen LogP contribution in [0.4, 0.5) is 5.00 Å². The first kappa shape index (κ1) is 18.2. The van der Waals surface area contributed by atoms with Crippen LogP contribution in [-0.2, 0) is 9.53 Å². The van der Waals surface area contributed by atoms with Crippen LogP contribution in [0.2, 0.25) is 0 Å². The van der Waals surface area contributed by atoms with E-state index >= 15 is 0 Å². The third kappa shape index (κ3) is 4.90. The minimum atomic E-state index is -0.386. The van der Waals surface area contributed by atoms with Crippen molar-refractivity contribution in [2.45, 2.75) is 20.3 Å². The van der Waals surface area contributed by atoms with E-state index in [0.29, 0.717) is 22.0 Å². The number of hydrogen-bond acceptors (Lipinski definition) is 6. The van der Waals surface area contributed by atoms with Crippen molar-refractivity contribution in [2.75, 3.05) is 18.5 Å². The summed E-state index contributed by atoms with van der Waals surface area (Å²) in [6.07, 6.45) is 0.154. The van der Waals surface area contributed by atoms with Gasteiger partial charge in [0.05, 0.1) is 11.6 Å². The molecule has 2 aromatic rings. The number of anilines is 1.